The first-order chi connectivity index (χ1) is 15.9. The Morgan fingerprint density at radius 1 is 1.15 bits per heavy atom. The van der Waals surface area contributed by atoms with E-state index < -0.39 is 5.54 Å². The van der Waals surface area contributed by atoms with Gasteiger partial charge in [-0.05, 0) is 91.2 Å². The number of rotatable bonds is 7. The van der Waals surface area contributed by atoms with Crippen molar-refractivity contribution >= 4 is 23.3 Å². The molecule has 33 heavy (non-hydrogen) atoms. The number of fused-ring (bicyclic) bond motifs is 1. The summed E-state index contributed by atoms with van der Waals surface area (Å²) in [6, 6.07) is 7.89. The van der Waals surface area contributed by atoms with Crippen LogP contribution in [0.25, 0.3) is 0 Å². The second-order valence-corrected chi connectivity index (χ2v) is 10.5. The lowest BCUT2D eigenvalue weighted by Gasteiger charge is -2.39. The second kappa shape index (κ2) is 8.99. The number of imide groups is 1. The molecule has 2 saturated heterocycles. The third kappa shape index (κ3) is 4.46. The van der Waals surface area contributed by atoms with Crippen LogP contribution in [0.3, 0.4) is 0 Å². The number of carbonyl (C=O) groups excluding carboxylic acids is 2. The van der Waals surface area contributed by atoms with Crippen LogP contribution in [-0.2, 0) is 17.8 Å². The average Bonchev–Trinajstić information content (AvgIpc) is 3.52. The van der Waals surface area contributed by atoms with Crippen molar-refractivity contribution in [3.63, 3.8) is 0 Å². The van der Waals surface area contributed by atoms with Crippen LogP contribution in [0.4, 0.5) is 4.79 Å². The summed E-state index contributed by atoms with van der Waals surface area (Å²) in [5.74, 6) is 2.23. The maximum absolute atomic E-state index is 13.2. The molecule has 1 aromatic heterocycles. The summed E-state index contributed by atoms with van der Waals surface area (Å²) in [5.41, 5.74) is 1.45. The Bertz CT molecular complexity index is 1020. The molecule has 2 aromatic rings. The Morgan fingerprint density at radius 3 is 2.70 bits per heavy atom. The molecule has 2 fully saturated rings. The van der Waals surface area contributed by atoms with Crippen LogP contribution in [0, 0.1) is 11.8 Å². The molecule has 0 saturated carbocycles. The van der Waals surface area contributed by atoms with Gasteiger partial charge in [0, 0.05) is 6.54 Å². The van der Waals surface area contributed by atoms with E-state index in [1.807, 2.05) is 29.8 Å². The van der Waals surface area contributed by atoms with E-state index in [1.165, 1.54) is 10.5 Å². The summed E-state index contributed by atoms with van der Waals surface area (Å²) in [5, 5.41) is 6.98. The lowest BCUT2D eigenvalue weighted by atomic mass is 9.78. The Kier molecular flexibility index (Phi) is 6.05. The predicted octanol–water partition coefficient (Wildman–Crippen LogP) is 3.88. The van der Waals surface area contributed by atoms with Gasteiger partial charge in [-0.3, -0.25) is 9.69 Å². The Balaban J connectivity index is 1.14. The van der Waals surface area contributed by atoms with E-state index >= 15 is 0 Å². The number of ether oxygens (including phenoxy) is 2. The Labute approximate surface area is 198 Å². The molecule has 0 spiro atoms. The fourth-order valence-corrected chi connectivity index (χ4v) is 6.03. The van der Waals surface area contributed by atoms with Gasteiger partial charge < -0.3 is 19.7 Å². The molecule has 4 heterocycles. The lowest BCUT2D eigenvalue weighted by Crippen LogP contribution is -2.54. The van der Waals surface area contributed by atoms with E-state index in [1.54, 1.807) is 11.3 Å². The van der Waals surface area contributed by atoms with Crippen molar-refractivity contribution in [3.05, 3.63) is 46.2 Å². The van der Waals surface area contributed by atoms with Crippen molar-refractivity contribution in [1.29, 1.82) is 0 Å². The van der Waals surface area contributed by atoms with Gasteiger partial charge in [-0.15, -0.1) is 0 Å². The molecule has 0 aliphatic carbocycles. The first-order valence-corrected chi connectivity index (χ1v) is 12.6. The molecule has 7 nitrogen and oxygen atoms in total. The van der Waals surface area contributed by atoms with E-state index in [-0.39, 0.29) is 17.9 Å². The van der Waals surface area contributed by atoms with Crippen molar-refractivity contribution in [3.8, 4) is 11.5 Å². The van der Waals surface area contributed by atoms with E-state index in [2.05, 4.69) is 29.3 Å². The van der Waals surface area contributed by atoms with Gasteiger partial charge in [0.05, 0.1) is 6.54 Å². The van der Waals surface area contributed by atoms with Crippen LogP contribution < -0.4 is 14.8 Å². The van der Waals surface area contributed by atoms with Gasteiger partial charge in [-0.2, -0.15) is 11.3 Å². The van der Waals surface area contributed by atoms with Gasteiger partial charge in [-0.1, -0.05) is 13.0 Å². The number of nitrogens with one attached hydrogen (secondary N) is 1. The maximum atomic E-state index is 13.2. The molecule has 2 atom stereocenters. The Hall–Kier alpha value is -2.58. The molecular formula is C25H31N3O4S. The van der Waals surface area contributed by atoms with E-state index in [0.29, 0.717) is 19.3 Å². The SMILES string of the molecule is C[C@H](Cc1ccc2c(c1)OCO2)CN1CCC([C@@]2(C)NC(=O)N(Cc3ccsc3)C2=O)CC1. The molecule has 176 valence electrons. The number of hydrogen-bond acceptors (Lipinski definition) is 6. The zero-order valence-electron chi connectivity index (χ0n) is 19.2. The second-order valence-electron chi connectivity index (χ2n) is 9.73. The molecule has 0 bridgehead atoms. The average molecular weight is 470 g/mol. The number of nitrogens with zero attached hydrogens (tertiary/aromatic N) is 2. The summed E-state index contributed by atoms with van der Waals surface area (Å²) in [6.07, 6.45) is 2.80. The van der Waals surface area contributed by atoms with E-state index in [9.17, 15) is 9.59 Å². The van der Waals surface area contributed by atoms with Crippen molar-refractivity contribution < 1.29 is 19.1 Å². The zero-order chi connectivity index (χ0) is 23.0. The van der Waals surface area contributed by atoms with Crippen molar-refractivity contribution in [1.82, 2.24) is 15.1 Å². The largest absolute Gasteiger partial charge is 0.454 e. The van der Waals surface area contributed by atoms with Crippen molar-refractivity contribution in [2.24, 2.45) is 11.8 Å². The molecule has 3 aliphatic heterocycles. The fraction of sp³-hybridized carbons (Fsp3) is 0.520. The van der Waals surface area contributed by atoms with Crippen LogP contribution in [0.15, 0.2) is 35.0 Å². The summed E-state index contributed by atoms with van der Waals surface area (Å²) in [4.78, 5) is 29.7. The summed E-state index contributed by atoms with van der Waals surface area (Å²) in [7, 11) is 0. The monoisotopic (exact) mass is 469 g/mol. The minimum atomic E-state index is -0.808. The highest BCUT2D eigenvalue weighted by Gasteiger charge is 2.52. The maximum Gasteiger partial charge on any atom is 0.325 e. The lowest BCUT2D eigenvalue weighted by molar-refractivity contribution is -0.133. The molecule has 1 aromatic carbocycles. The molecule has 3 amide bonds. The van der Waals surface area contributed by atoms with Gasteiger partial charge in [-0.25, -0.2) is 4.79 Å². The molecule has 5 rings (SSSR count). The Morgan fingerprint density at radius 2 is 1.94 bits per heavy atom. The summed E-state index contributed by atoms with van der Waals surface area (Å²) in [6.45, 7) is 7.74. The standard InChI is InChI=1S/C25H31N3O4S/c1-17(11-18-3-4-21-22(12-18)32-16-31-21)13-27-8-5-20(6-9-27)25(2)23(29)28(24(30)26-25)14-19-7-10-33-15-19/h3-4,7,10,12,15,17,20H,5-6,8-9,11,13-14,16H2,1-2H3,(H,26,30)/t17-,25-/m1/s1. The van der Waals surface area contributed by atoms with E-state index in [4.69, 9.17) is 9.47 Å². The number of benzene rings is 1. The number of thiophene rings is 1. The van der Waals surface area contributed by atoms with Crippen LogP contribution in [0.1, 0.15) is 37.8 Å². The highest BCUT2D eigenvalue weighted by Crippen LogP contribution is 2.35. The fourth-order valence-electron chi connectivity index (χ4n) is 5.37. The molecule has 8 heteroatoms. The highest BCUT2D eigenvalue weighted by atomic mass is 32.1. The third-order valence-electron chi connectivity index (χ3n) is 7.22. The topological polar surface area (TPSA) is 71.1 Å². The quantitative estimate of drug-likeness (QED) is 0.623. The zero-order valence-corrected chi connectivity index (χ0v) is 20.0. The van der Waals surface area contributed by atoms with Crippen LogP contribution in [0.2, 0.25) is 0 Å². The highest BCUT2D eigenvalue weighted by molar-refractivity contribution is 7.07. The van der Waals surface area contributed by atoms with Gasteiger partial charge >= 0.3 is 6.03 Å². The number of urea groups is 1. The van der Waals surface area contributed by atoms with Gasteiger partial charge in [0.15, 0.2) is 11.5 Å². The number of hydrogen-bond donors (Lipinski definition) is 1. The minimum Gasteiger partial charge on any atom is -0.454 e. The van der Waals surface area contributed by atoms with Gasteiger partial charge in [0.25, 0.3) is 5.91 Å². The minimum absolute atomic E-state index is 0.0895. The normalized spacial score (nSPS) is 24.4. The smallest absolute Gasteiger partial charge is 0.325 e. The first-order valence-electron chi connectivity index (χ1n) is 11.7. The van der Waals surface area contributed by atoms with Crippen LogP contribution >= 0.6 is 11.3 Å². The van der Waals surface area contributed by atoms with Gasteiger partial charge in [0.2, 0.25) is 6.79 Å². The van der Waals surface area contributed by atoms with E-state index in [0.717, 1.165) is 56.0 Å². The number of amides is 3. The van der Waals surface area contributed by atoms with Gasteiger partial charge in [0.1, 0.15) is 5.54 Å². The summed E-state index contributed by atoms with van der Waals surface area (Å²) >= 11 is 1.58. The van der Waals surface area contributed by atoms with Crippen molar-refractivity contribution in [2.75, 3.05) is 26.4 Å². The number of likely N-dealkylation sites (tertiary alicyclic amines) is 1. The molecule has 0 radical (unpaired) electrons. The molecule has 1 N–H and O–H groups in total. The predicted molar refractivity (Wildman–Crippen MR) is 126 cm³/mol. The summed E-state index contributed by atoms with van der Waals surface area (Å²) < 4.78 is 10.9. The van der Waals surface area contributed by atoms with Crippen LogP contribution in [0.5, 0.6) is 11.5 Å². The third-order valence-corrected chi connectivity index (χ3v) is 7.95. The molecule has 0 unspecified atom stereocenters. The number of carbonyl (C=O) groups is 2. The number of piperidine rings is 1. The molecular weight excluding hydrogens is 438 g/mol. The first kappa shape index (κ1) is 22.2. The van der Waals surface area contributed by atoms with Crippen LogP contribution in [-0.4, -0.2) is 53.7 Å². The molecule has 3 aliphatic rings. The van der Waals surface area contributed by atoms with Crippen molar-refractivity contribution in [2.45, 2.75) is 45.2 Å².